The maximum absolute atomic E-state index is 12.9. The van der Waals surface area contributed by atoms with Gasteiger partial charge in [-0.2, -0.15) is 0 Å². The number of para-hydroxylation sites is 2. The number of carbonyl (C=O) groups is 1. The molecule has 1 saturated heterocycles. The fourth-order valence-electron chi connectivity index (χ4n) is 3.54. The van der Waals surface area contributed by atoms with Crippen LogP contribution in [-0.2, 0) is 16.0 Å². The van der Waals surface area contributed by atoms with Gasteiger partial charge in [-0.15, -0.1) is 0 Å². The molecule has 136 valence electrons. The summed E-state index contributed by atoms with van der Waals surface area (Å²) in [5, 5.41) is 0. The highest BCUT2D eigenvalue weighted by Gasteiger charge is 2.33. The number of ether oxygens (including phenoxy) is 2. The van der Waals surface area contributed by atoms with Crippen LogP contribution in [0.25, 0.3) is 0 Å². The molecule has 2 aromatic rings. The molecular formula is C21H24N2O3. The van der Waals surface area contributed by atoms with Gasteiger partial charge in [0.05, 0.1) is 25.4 Å². The number of anilines is 1. The van der Waals surface area contributed by atoms with Crippen LogP contribution in [0.3, 0.4) is 0 Å². The van der Waals surface area contributed by atoms with Crippen LogP contribution in [0.4, 0.5) is 5.69 Å². The van der Waals surface area contributed by atoms with Gasteiger partial charge in [0.15, 0.2) is 6.10 Å². The molecule has 4 rings (SSSR count). The number of nitrogens with zero attached hydrogens (tertiary/aromatic N) is 2. The van der Waals surface area contributed by atoms with Crippen molar-refractivity contribution in [3.8, 4) is 5.75 Å². The highest BCUT2D eigenvalue weighted by atomic mass is 16.5. The Morgan fingerprint density at radius 2 is 1.73 bits per heavy atom. The van der Waals surface area contributed by atoms with E-state index in [4.69, 9.17) is 9.47 Å². The lowest BCUT2D eigenvalue weighted by atomic mass is 10.1. The zero-order chi connectivity index (χ0) is 17.8. The van der Waals surface area contributed by atoms with Crippen LogP contribution in [-0.4, -0.2) is 56.3 Å². The van der Waals surface area contributed by atoms with Gasteiger partial charge in [0, 0.05) is 19.6 Å². The summed E-state index contributed by atoms with van der Waals surface area (Å²) in [6, 6.07) is 18.4. The Labute approximate surface area is 154 Å². The first-order chi connectivity index (χ1) is 12.8. The van der Waals surface area contributed by atoms with Crippen molar-refractivity contribution in [2.45, 2.75) is 12.5 Å². The summed E-state index contributed by atoms with van der Waals surface area (Å²) in [4.78, 5) is 17.0. The predicted molar refractivity (Wildman–Crippen MR) is 101 cm³/mol. The van der Waals surface area contributed by atoms with Crippen molar-refractivity contribution in [1.82, 2.24) is 4.90 Å². The van der Waals surface area contributed by atoms with Gasteiger partial charge >= 0.3 is 0 Å². The minimum atomic E-state index is -0.459. The number of benzene rings is 2. The number of hydrogen-bond donors (Lipinski definition) is 0. The van der Waals surface area contributed by atoms with Crippen molar-refractivity contribution in [3.63, 3.8) is 0 Å². The third kappa shape index (κ3) is 3.68. The maximum atomic E-state index is 12.9. The van der Waals surface area contributed by atoms with E-state index in [-0.39, 0.29) is 5.91 Å². The van der Waals surface area contributed by atoms with Gasteiger partial charge in [0.25, 0.3) is 5.91 Å². The quantitative estimate of drug-likeness (QED) is 0.847. The van der Waals surface area contributed by atoms with Crippen molar-refractivity contribution < 1.29 is 14.3 Å². The third-order valence-corrected chi connectivity index (χ3v) is 4.97. The third-order valence-electron chi connectivity index (χ3n) is 4.97. The van der Waals surface area contributed by atoms with E-state index in [9.17, 15) is 4.79 Å². The normalized spacial score (nSPS) is 19.6. The first-order valence-corrected chi connectivity index (χ1v) is 9.22. The van der Waals surface area contributed by atoms with Crippen LogP contribution in [0.5, 0.6) is 5.75 Å². The molecule has 5 nitrogen and oxygen atoms in total. The molecule has 0 aromatic heterocycles. The first-order valence-electron chi connectivity index (χ1n) is 9.22. The van der Waals surface area contributed by atoms with E-state index in [1.807, 2.05) is 29.2 Å². The summed E-state index contributed by atoms with van der Waals surface area (Å²) in [6.07, 6.45) is 0.479. The van der Waals surface area contributed by atoms with Crippen molar-refractivity contribution >= 4 is 11.6 Å². The molecule has 2 aliphatic heterocycles. The highest BCUT2D eigenvalue weighted by Crippen LogP contribution is 2.33. The number of amides is 1. The van der Waals surface area contributed by atoms with Crippen molar-refractivity contribution in [1.29, 1.82) is 0 Å². The molecule has 0 radical (unpaired) electrons. The summed E-state index contributed by atoms with van der Waals surface area (Å²) in [7, 11) is 0. The molecule has 0 N–H and O–H groups in total. The Morgan fingerprint density at radius 3 is 2.54 bits per heavy atom. The lowest BCUT2D eigenvalue weighted by Gasteiger charge is -2.38. The zero-order valence-electron chi connectivity index (χ0n) is 14.8. The molecular weight excluding hydrogens is 328 g/mol. The van der Waals surface area contributed by atoms with Crippen molar-refractivity contribution in [2.24, 2.45) is 0 Å². The summed E-state index contributed by atoms with van der Waals surface area (Å²) in [5.41, 5.74) is 2.36. The Morgan fingerprint density at radius 1 is 1.00 bits per heavy atom. The van der Waals surface area contributed by atoms with Gasteiger partial charge in [0.1, 0.15) is 5.75 Å². The molecule has 26 heavy (non-hydrogen) atoms. The molecule has 0 aliphatic carbocycles. The molecule has 0 spiro atoms. The summed E-state index contributed by atoms with van der Waals surface area (Å²) < 4.78 is 11.4. The molecule has 5 heteroatoms. The summed E-state index contributed by atoms with van der Waals surface area (Å²) >= 11 is 0. The summed E-state index contributed by atoms with van der Waals surface area (Å²) in [5.74, 6) is 0.853. The fourth-order valence-corrected chi connectivity index (χ4v) is 3.54. The average Bonchev–Trinajstić information content (AvgIpc) is 2.72. The number of fused-ring (bicyclic) bond motifs is 1. The van der Waals surface area contributed by atoms with Gasteiger partial charge in [-0.3, -0.25) is 4.79 Å². The Kier molecular flexibility index (Phi) is 5.07. The van der Waals surface area contributed by atoms with Crippen LogP contribution in [0.1, 0.15) is 5.56 Å². The van der Waals surface area contributed by atoms with Gasteiger partial charge < -0.3 is 19.3 Å². The number of hydrogen-bond acceptors (Lipinski definition) is 4. The van der Waals surface area contributed by atoms with Crippen LogP contribution in [0.2, 0.25) is 0 Å². The van der Waals surface area contributed by atoms with E-state index in [0.717, 1.165) is 24.4 Å². The minimum absolute atomic E-state index is 0.0625. The minimum Gasteiger partial charge on any atom is -0.477 e. The smallest absolute Gasteiger partial charge is 0.265 e. The molecule has 2 heterocycles. The Bertz CT molecular complexity index is 744. The lowest BCUT2D eigenvalue weighted by molar-refractivity contribution is -0.142. The number of morpholine rings is 1. The molecule has 2 aromatic carbocycles. The van der Waals surface area contributed by atoms with E-state index < -0.39 is 6.10 Å². The molecule has 2 aliphatic rings. The van der Waals surface area contributed by atoms with Gasteiger partial charge in [-0.1, -0.05) is 42.5 Å². The molecule has 1 atom stereocenters. The van der Waals surface area contributed by atoms with E-state index in [2.05, 4.69) is 35.2 Å². The molecule has 1 amide bonds. The number of carbonyl (C=O) groups excluding carboxylic acids is 1. The molecule has 0 saturated carbocycles. The predicted octanol–water partition coefficient (Wildman–Crippen LogP) is 2.36. The van der Waals surface area contributed by atoms with Crippen molar-refractivity contribution in [3.05, 3.63) is 60.2 Å². The Hall–Kier alpha value is -2.53. The van der Waals surface area contributed by atoms with Crippen LogP contribution >= 0.6 is 0 Å². The second kappa shape index (κ2) is 7.79. The van der Waals surface area contributed by atoms with E-state index in [0.29, 0.717) is 32.8 Å². The largest absolute Gasteiger partial charge is 0.477 e. The van der Waals surface area contributed by atoms with Crippen LogP contribution < -0.4 is 9.64 Å². The highest BCUT2D eigenvalue weighted by molar-refractivity contribution is 5.83. The summed E-state index contributed by atoms with van der Waals surface area (Å²) in [6.45, 7) is 3.94. The average molecular weight is 352 g/mol. The van der Waals surface area contributed by atoms with Gasteiger partial charge in [-0.25, -0.2) is 0 Å². The SMILES string of the molecule is O=C(C1CN(CCc2ccccc2)c2ccccc2O1)N1CCOCC1. The molecule has 1 unspecified atom stereocenters. The molecule has 0 bridgehead atoms. The maximum Gasteiger partial charge on any atom is 0.265 e. The van der Waals surface area contributed by atoms with Gasteiger partial charge in [0.2, 0.25) is 0 Å². The van der Waals surface area contributed by atoms with Crippen LogP contribution in [0.15, 0.2) is 54.6 Å². The molecule has 1 fully saturated rings. The lowest BCUT2D eigenvalue weighted by Crippen LogP contribution is -2.53. The fraction of sp³-hybridized carbons (Fsp3) is 0.381. The standard InChI is InChI=1S/C21H24N2O3/c24-21(22-12-14-25-15-13-22)20-16-23(11-10-17-6-2-1-3-7-17)18-8-4-5-9-19(18)26-20/h1-9,20H,10-16H2. The van der Waals surface area contributed by atoms with Gasteiger partial charge in [-0.05, 0) is 24.1 Å². The second-order valence-electron chi connectivity index (χ2n) is 6.69. The Balaban J connectivity index is 1.50. The first kappa shape index (κ1) is 16.9. The zero-order valence-corrected chi connectivity index (χ0v) is 14.8. The van der Waals surface area contributed by atoms with E-state index in [1.54, 1.807) is 0 Å². The second-order valence-corrected chi connectivity index (χ2v) is 6.69. The van der Waals surface area contributed by atoms with Crippen molar-refractivity contribution in [2.75, 3.05) is 44.3 Å². The topological polar surface area (TPSA) is 42.0 Å². The van der Waals surface area contributed by atoms with E-state index >= 15 is 0 Å². The van der Waals surface area contributed by atoms with E-state index in [1.165, 1.54) is 5.56 Å². The number of rotatable bonds is 4. The van der Waals surface area contributed by atoms with Crippen LogP contribution in [0, 0.1) is 0 Å². The monoisotopic (exact) mass is 352 g/mol.